The number of nitrogens with zero attached hydrogens (tertiary/aromatic N) is 2. The highest BCUT2D eigenvalue weighted by Crippen LogP contribution is 2.38. The van der Waals surface area contributed by atoms with Crippen molar-refractivity contribution in [2.75, 3.05) is 19.0 Å². The Morgan fingerprint density at radius 2 is 1.92 bits per heavy atom. The molecule has 0 spiro atoms. The van der Waals surface area contributed by atoms with E-state index in [0.717, 1.165) is 47.9 Å². The molecule has 0 aliphatic carbocycles. The first kappa shape index (κ1) is 14.8. The number of hydrogen-bond acceptors (Lipinski definition) is 3. The van der Waals surface area contributed by atoms with E-state index in [2.05, 4.69) is 42.6 Å². The standard InChI is InChI=1S/C20H21N3O/c1-3-14-8-10-15(11-9-14)23-20-17(12-13-21-20)19(22-23)16-6-4-5-7-18(16)24-2/h4-11,21H,3,12-13H2,1-2H3. The minimum Gasteiger partial charge on any atom is -0.496 e. The van der Waals surface area contributed by atoms with Gasteiger partial charge in [0, 0.05) is 17.7 Å². The molecule has 0 unspecified atom stereocenters. The van der Waals surface area contributed by atoms with E-state index >= 15 is 0 Å². The van der Waals surface area contributed by atoms with Crippen molar-refractivity contribution in [1.29, 1.82) is 0 Å². The predicted molar refractivity (Wildman–Crippen MR) is 97.1 cm³/mol. The summed E-state index contributed by atoms with van der Waals surface area (Å²) in [5.74, 6) is 1.96. The Morgan fingerprint density at radius 3 is 2.67 bits per heavy atom. The predicted octanol–water partition coefficient (Wildman–Crippen LogP) is 4.08. The van der Waals surface area contributed by atoms with Crippen molar-refractivity contribution < 1.29 is 4.74 Å². The molecule has 4 nitrogen and oxygen atoms in total. The Morgan fingerprint density at radius 1 is 1.12 bits per heavy atom. The van der Waals surface area contributed by atoms with Crippen LogP contribution in [0.25, 0.3) is 16.9 Å². The van der Waals surface area contributed by atoms with E-state index in [-0.39, 0.29) is 0 Å². The average molecular weight is 319 g/mol. The molecular weight excluding hydrogens is 298 g/mol. The topological polar surface area (TPSA) is 39.1 Å². The highest BCUT2D eigenvalue weighted by atomic mass is 16.5. The minimum atomic E-state index is 0.859. The largest absolute Gasteiger partial charge is 0.496 e. The number of fused-ring (bicyclic) bond motifs is 1. The quantitative estimate of drug-likeness (QED) is 0.787. The molecule has 1 aliphatic rings. The van der Waals surface area contributed by atoms with E-state index < -0.39 is 0 Å². The Bertz CT molecular complexity index is 865. The van der Waals surface area contributed by atoms with Crippen molar-refractivity contribution in [3.8, 4) is 22.7 Å². The molecule has 0 bridgehead atoms. The van der Waals surface area contributed by atoms with E-state index in [1.165, 1.54) is 11.1 Å². The number of hydrogen-bond donors (Lipinski definition) is 1. The molecule has 1 aromatic heterocycles. The summed E-state index contributed by atoms with van der Waals surface area (Å²) in [5, 5.41) is 8.39. The summed E-state index contributed by atoms with van der Waals surface area (Å²) in [6.07, 6.45) is 2.03. The molecule has 2 aromatic carbocycles. The number of para-hydroxylation sites is 1. The van der Waals surface area contributed by atoms with Crippen LogP contribution in [0.2, 0.25) is 0 Å². The summed E-state index contributed by atoms with van der Waals surface area (Å²) >= 11 is 0. The van der Waals surface area contributed by atoms with Gasteiger partial charge in [-0.15, -0.1) is 0 Å². The van der Waals surface area contributed by atoms with Gasteiger partial charge in [0.2, 0.25) is 0 Å². The normalized spacial score (nSPS) is 12.8. The molecule has 4 heteroatoms. The summed E-state index contributed by atoms with van der Waals surface area (Å²) in [6, 6.07) is 16.7. The van der Waals surface area contributed by atoms with Crippen LogP contribution in [-0.2, 0) is 12.8 Å². The van der Waals surface area contributed by atoms with Crippen LogP contribution >= 0.6 is 0 Å². The zero-order chi connectivity index (χ0) is 16.5. The molecule has 0 fully saturated rings. The Balaban J connectivity index is 1.86. The molecule has 0 amide bonds. The molecule has 0 atom stereocenters. The van der Waals surface area contributed by atoms with Crippen molar-refractivity contribution in [3.05, 3.63) is 59.7 Å². The third-order valence-electron chi connectivity index (χ3n) is 4.60. The van der Waals surface area contributed by atoms with Gasteiger partial charge < -0.3 is 10.1 Å². The lowest BCUT2D eigenvalue weighted by Crippen LogP contribution is -2.04. The first-order valence-corrected chi connectivity index (χ1v) is 8.40. The number of ether oxygens (including phenoxy) is 1. The molecule has 3 aromatic rings. The number of aryl methyl sites for hydroxylation is 1. The molecule has 1 aliphatic heterocycles. The number of rotatable bonds is 4. The first-order valence-electron chi connectivity index (χ1n) is 8.40. The molecule has 1 N–H and O–H groups in total. The fourth-order valence-corrected chi connectivity index (χ4v) is 3.29. The van der Waals surface area contributed by atoms with Gasteiger partial charge in [-0.05, 0) is 42.7 Å². The van der Waals surface area contributed by atoms with Crippen molar-refractivity contribution in [2.24, 2.45) is 0 Å². The molecule has 24 heavy (non-hydrogen) atoms. The van der Waals surface area contributed by atoms with Crippen molar-refractivity contribution in [2.45, 2.75) is 19.8 Å². The molecule has 0 saturated heterocycles. The first-order chi connectivity index (χ1) is 11.8. The maximum Gasteiger partial charge on any atom is 0.133 e. The molecule has 0 radical (unpaired) electrons. The van der Waals surface area contributed by atoms with Gasteiger partial charge in [-0.2, -0.15) is 5.10 Å². The van der Waals surface area contributed by atoms with E-state index in [9.17, 15) is 0 Å². The molecule has 2 heterocycles. The zero-order valence-electron chi connectivity index (χ0n) is 14.0. The summed E-state index contributed by atoms with van der Waals surface area (Å²) < 4.78 is 7.55. The van der Waals surface area contributed by atoms with E-state index in [4.69, 9.17) is 9.84 Å². The van der Waals surface area contributed by atoms with Gasteiger partial charge in [-0.1, -0.05) is 31.2 Å². The Kier molecular flexibility index (Phi) is 3.73. The van der Waals surface area contributed by atoms with Crippen LogP contribution in [-0.4, -0.2) is 23.4 Å². The van der Waals surface area contributed by atoms with Crippen molar-refractivity contribution in [1.82, 2.24) is 9.78 Å². The van der Waals surface area contributed by atoms with Gasteiger partial charge in [0.25, 0.3) is 0 Å². The zero-order valence-corrected chi connectivity index (χ0v) is 14.0. The van der Waals surface area contributed by atoms with Crippen LogP contribution in [0, 0.1) is 0 Å². The van der Waals surface area contributed by atoms with Crippen molar-refractivity contribution in [3.63, 3.8) is 0 Å². The lowest BCUT2D eigenvalue weighted by atomic mass is 10.1. The number of anilines is 1. The summed E-state index contributed by atoms with van der Waals surface area (Å²) in [6.45, 7) is 3.12. The Labute approximate surface area is 142 Å². The van der Waals surface area contributed by atoms with Gasteiger partial charge in [-0.25, -0.2) is 4.68 Å². The SMILES string of the molecule is CCc1ccc(-n2nc(-c3ccccc3OC)c3c2NCC3)cc1. The van der Waals surface area contributed by atoms with Crippen LogP contribution in [0.3, 0.4) is 0 Å². The minimum absolute atomic E-state index is 0.859. The lowest BCUT2D eigenvalue weighted by molar-refractivity contribution is 0.416. The van der Waals surface area contributed by atoms with Crippen LogP contribution in [0.1, 0.15) is 18.1 Å². The number of nitrogens with one attached hydrogen (secondary N) is 1. The molecule has 4 rings (SSSR count). The van der Waals surface area contributed by atoms with E-state index in [1.807, 2.05) is 22.9 Å². The van der Waals surface area contributed by atoms with Crippen LogP contribution < -0.4 is 10.1 Å². The number of aromatic nitrogens is 2. The summed E-state index contributed by atoms with van der Waals surface area (Å²) in [5.41, 5.74) is 5.73. The summed E-state index contributed by atoms with van der Waals surface area (Å²) in [7, 11) is 1.71. The Hall–Kier alpha value is -2.75. The lowest BCUT2D eigenvalue weighted by Gasteiger charge is -2.08. The number of benzene rings is 2. The highest BCUT2D eigenvalue weighted by molar-refractivity contribution is 5.76. The van der Waals surface area contributed by atoms with Gasteiger partial charge in [0.1, 0.15) is 17.3 Å². The highest BCUT2D eigenvalue weighted by Gasteiger charge is 2.25. The molecule has 122 valence electrons. The van der Waals surface area contributed by atoms with E-state index in [0.29, 0.717) is 0 Å². The number of methoxy groups -OCH3 is 1. The summed E-state index contributed by atoms with van der Waals surface area (Å²) in [4.78, 5) is 0. The van der Waals surface area contributed by atoms with E-state index in [1.54, 1.807) is 7.11 Å². The third-order valence-corrected chi connectivity index (χ3v) is 4.60. The van der Waals surface area contributed by atoms with Gasteiger partial charge in [0.15, 0.2) is 0 Å². The van der Waals surface area contributed by atoms with Gasteiger partial charge in [-0.3, -0.25) is 0 Å². The van der Waals surface area contributed by atoms with Crippen LogP contribution in [0.5, 0.6) is 5.75 Å². The molecule has 0 saturated carbocycles. The third kappa shape index (κ3) is 2.35. The monoisotopic (exact) mass is 319 g/mol. The smallest absolute Gasteiger partial charge is 0.133 e. The fourth-order valence-electron chi connectivity index (χ4n) is 3.29. The van der Waals surface area contributed by atoms with Crippen LogP contribution in [0.4, 0.5) is 5.82 Å². The second kappa shape index (κ2) is 6.04. The second-order valence-corrected chi connectivity index (χ2v) is 5.98. The van der Waals surface area contributed by atoms with Crippen molar-refractivity contribution >= 4 is 5.82 Å². The van der Waals surface area contributed by atoms with Gasteiger partial charge in [0.05, 0.1) is 12.8 Å². The average Bonchev–Trinajstić information content (AvgIpc) is 3.24. The van der Waals surface area contributed by atoms with Gasteiger partial charge >= 0.3 is 0 Å². The fraction of sp³-hybridized carbons (Fsp3) is 0.250. The maximum absolute atomic E-state index is 5.54. The maximum atomic E-state index is 5.54. The van der Waals surface area contributed by atoms with Crippen LogP contribution in [0.15, 0.2) is 48.5 Å². The molecular formula is C20H21N3O. The second-order valence-electron chi connectivity index (χ2n) is 5.98.